The van der Waals surface area contributed by atoms with Gasteiger partial charge in [0.15, 0.2) is 0 Å². The van der Waals surface area contributed by atoms with Gasteiger partial charge in [-0.05, 0) is 95.9 Å². The van der Waals surface area contributed by atoms with Crippen LogP contribution in [0.4, 0.5) is 9.59 Å². The van der Waals surface area contributed by atoms with E-state index in [9.17, 15) is 14.4 Å². The van der Waals surface area contributed by atoms with Crippen LogP contribution in [0, 0.1) is 0 Å². The molecule has 0 aliphatic heterocycles. The molecule has 55 heavy (non-hydrogen) atoms. The van der Waals surface area contributed by atoms with Crippen molar-refractivity contribution >= 4 is 18.2 Å². The smallest absolute Gasteiger partial charge is 0.408 e. The lowest BCUT2D eigenvalue weighted by molar-refractivity contribution is -0.144. The molecule has 310 valence electrons. The number of hydrogen-bond acceptors (Lipinski definition) is 11. The zero-order valence-corrected chi connectivity index (χ0v) is 34.8. The Hall–Kier alpha value is -3.75. The van der Waals surface area contributed by atoms with Crippen LogP contribution >= 0.6 is 0 Å². The molecule has 0 heterocycles. The third-order valence-electron chi connectivity index (χ3n) is 9.24. The van der Waals surface area contributed by atoms with Crippen LogP contribution in [0.3, 0.4) is 0 Å². The van der Waals surface area contributed by atoms with Crippen molar-refractivity contribution in [2.45, 2.75) is 108 Å². The first-order valence-electron chi connectivity index (χ1n) is 19.0. The van der Waals surface area contributed by atoms with Crippen LogP contribution in [0.5, 0.6) is 0 Å². The summed E-state index contributed by atoms with van der Waals surface area (Å²) in [6, 6.07) is 16.5. The molecule has 0 aromatic heterocycles. The summed E-state index contributed by atoms with van der Waals surface area (Å²) in [7, 11) is 6.45. The first kappa shape index (κ1) is 47.4. The highest BCUT2D eigenvalue weighted by Crippen LogP contribution is 2.44. The summed E-state index contributed by atoms with van der Waals surface area (Å²) in [4.78, 5) is 37.4. The van der Waals surface area contributed by atoms with Gasteiger partial charge in [-0.2, -0.15) is 0 Å². The van der Waals surface area contributed by atoms with Crippen LogP contribution in [0.25, 0.3) is 11.1 Å². The van der Waals surface area contributed by atoms with Crippen LogP contribution in [0.1, 0.15) is 97.1 Å². The summed E-state index contributed by atoms with van der Waals surface area (Å²) < 4.78 is 37.3. The van der Waals surface area contributed by atoms with E-state index in [1.165, 1.54) is 22.3 Å². The topological polar surface area (TPSA) is 166 Å². The summed E-state index contributed by atoms with van der Waals surface area (Å²) >= 11 is 0. The predicted molar refractivity (Wildman–Crippen MR) is 213 cm³/mol. The van der Waals surface area contributed by atoms with Gasteiger partial charge in [-0.3, -0.25) is 4.79 Å². The predicted octanol–water partition coefficient (Wildman–Crippen LogP) is 6.74. The maximum atomic E-state index is 12.9. The Bertz CT molecular complexity index is 1410. The number of fused-ring (bicyclic) bond motifs is 3. The molecule has 1 aliphatic carbocycles. The van der Waals surface area contributed by atoms with Gasteiger partial charge in [0.1, 0.15) is 17.8 Å². The molecule has 0 radical (unpaired) electrons. The van der Waals surface area contributed by atoms with Crippen LogP contribution in [0.15, 0.2) is 48.5 Å². The number of carbonyl (C=O) groups excluding carboxylic acids is 3. The van der Waals surface area contributed by atoms with Crippen molar-refractivity contribution in [3.05, 3.63) is 59.7 Å². The molecule has 0 saturated carbocycles. The molecule has 4 N–H and O–H groups in total. The lowest BCUT2D eigenvalue weighted by Crippen LogP contribution is -2.56. The summed E-state index contributed by atoms with van der Waals surface area (Å²) in [5, 5.41) is 5.87. The van der Waals surface area contributed by atoms with Gasteiger partial charge in [-0.25, -0.2) is 9.59 Å². The van der Waals surface area contributed by atoms with E-state index < -0.39 is 34.5 Å². The summed E-state index contributed by atoms with van der Waals surface area (Å²) in [6.45, 7) is 13.3. The number of rotatable bonds is 20. The second-order valence-electron chi connectivity index (χ2n) is 15.9. The fourth-order valence-electron chi connectivity index (χ4n) is 6.33. The van der Waals surface area contributed by atoms with Crippen LogP contribution in [-0.4, -0.2) is 108 Å². The Kier molecular flexibility index (Phi) is 19.6. The van der Waals surface area contributed by atoms with Gasteiger partial charge < -0.3 is 49.5 Å². The SMILES string of the molecule is COCCC(CCOC)(CCC(=O)OCC1c2ccccc2-c2ccccc21)NC(=O)OC(C)(C)C.COCCC(CN)(CCOC)NC(=O)OC(C)(C)C. The van der Waals surface area contributed by atoms with Crippen LogP contribution in [-0.2, 0) is 38.0 Å². The monoisotopic (exact) mass is 773 g/mol. The number of nitrogens with one attached hydrogen (secondary N) is 2. The second kappa shape index (κ2) is 22.7. The molecule has 0 fully saturated rings. The molecule has 1 aliphatic rings. The van der Waals surface area contributed by atoms with Crippen LogP contribution < -0.4 is 16.4 Å². The van der Waals surface area contributed by atoms with E-state index in [1.807, 2.05) is 65.8 Å². The Morgan fingerprint density at radius 1 is 0.600 bits per heavy atom. The molecular formula is C42H67N3O10. The Labute approximate surface area is 328 Å². The van der Waals surface area contributed by atoms with Crippen molar-refractivity contribution in [2.24, 2.45) is 5.73 Å². The second-order valence-corrected chi connectivity index (χ2v) is 15.9. The van der Waals surface area contributed by atoms with Gasteiger partial charge >= 0.3 is 18.2 Å². The Balaban J connectivity index is 0.000000467. The number of amides is 2. The van der Waals surface area contributed by atoms with Gasteiger partial charge in [0.05, 0.1) is 5.54 Å². The zero-order valence-electron chi connectivity index (χ0n) is 34.8. The lowest BCUT2D eigenvalue weighted by atomic mass is 9.86. The minimum Gasteiger partial charge on any atom is -0.465 e. The van der Waals surface area contributed by atoms with Crippen LogP contribution in [0.2, 0.25) is 0 Å². The molecule has 13 nitrogen and oxygen atoms in total. The fraction of sp³-hybridized carbons (Fsp3) is 0.643. The Morgan fingerprint density at radius 2 is 0.982 bits per heavy atom. The maximum Gasteiger partial charge on any atom is 0.408 e. The highest BCUT2D eigenvalue weighted by atomic mass is 16.6. The van der Waals surface area contributed by atoms with E-state index in [0.717, 1.165) is 0 Å². The number of hydrogen-bond donors (Lipinski definition) is 3. The van der Waals surface area contributed by atoms with Crippen molar-refractivity contribution < 1.29 is 47.5 Å². The van der Waals surface area contributed by atoms with Gasteiger partial charge in [-0.15, -0.1) is 0 Å². The molecular weight excluding hydrogens is 706 g/mol. The normalized spacial score (nSPS) is 12.9. The largest absolute Gasteiger partial charge is 0.465 e. The number of alkyl carbamates (subject to hydrolysis) is 2. The molecule has 0 bridgehead atoms. The zero-order chi connectivity index (χ0) is 41.1. The number of carbonyl (C=O) groups is 3. The first-order chi connectivity index (χ1) is 26.0. The average Bonchev–Trinajstić information content (AvgIpc) is 3.44. The number of methoxy groups -OCH3 is 4. The lowest BCUT2D eigenvalue weighted by Gasteiger charge is -2.35. The third kappa shape index (κ3) is 16.5. The maximum absolute atomic E-state index is 12.9. The van der Waals surface area contributed by atoms with Crippen molar-refractivity contribution in [1.82, 2.24) is 10.6 Å². The number of benzene rings is 2. The Morgan fingerprint density at radius 3 is 1.36 bits per heavy atom. The minimum absolute atomic E-state index is 0.00739. The van der Waals surface area contributed by atoms with Crippen molar-refractivity contribution in [3.63, 3.8) is 0 Å². The molecule has 0 saturated heterocycles. The van der Waals surface area contributed by atoms with E-state index in [-0.39, 0.29) is 24.9 Å². The first-order valence-corrected chi connectivity index (χ1v) is 19.0. The van der Waals surface area contributed by atoms with E-state index in [4.69, 9.17) is 38.9 Å². The highest BCUT2D eigenvalue weighted by molar-refractivity contribution is 5.79. The van der Waals surface area contributed by atoms with Crippen molar-refractivity contribution in [3.8, 4) is 11.1 Å². The summed E-state index contributed by atoms with van der Waals surface area (Å²) in [6.07, 6.45) is 1.80. The van der Waals surface area contributed by atoms with Gasteiger partial charge in [0.25, 0.3) is 0 Å². The highest BCUT2D eigenvalue weighted by Gasteiger charge is 2.35. The average molecular weight is 774 g/mol. The molecule has 0 unspecified atom stereocenters. The van der Waals surface area contributed by atoms with Crippen molar-refractivity contribution in [2.75, 3.05) is 68.0 Å². The van der Waals surface area contributed by atoms with Crippen molar-refractivity contribution in [1.29, 1.82) is 0 Å². The number of ether oxygens (including phenoxy) is 7. The van der Waals surface area contributed by atoms with E-state index in [0.29, 0.717) is 65.1 Å². The number of esters is 1. The van der Waals surface area contributed by atoms with Gasteiger partial charge in [-0.1, -0.05) is 48.5 Å². The quantitative estimate of drug-likeness (QED) is 0.0964. The van der Waals surface area contributed by atoms with E-state index in [1.54, 1.807) is 28.4 Å². The molecule has 3 rings (SSSR count). The summed E-state index contributed by atoms with van der Waals surface area (Å²) in [5.41, 5.74) is 8.09. The standard InChI is InChI=1S/C29H39NO6.C13H28N2O4/c1-28(2,3)36-27(32)30-29(16-18-33-4,17-19-34-5)15-14-26(31)35-20-25-23-12-8-6-10-21(23)22-11-7-9-13-24(22)25;1-12(2,3)19-11(16)15-13(10-14,6-8-17-4)7-9-18-5/h6-13,25H,14-20H2,1-5H3,(H,30,32);6-10,14H2,1-5H3,(H,15,16). The molecule has 2 aromatic rings. The van der Waals surface area contributed by atoms with Gasteiger partial charge in [0, 0.05) is 79.3 Å². The molecule has 0 spiro atoms. The molecule has 13 heteroatoms. The van der Waals surface area contributed by atoms with Gasteiger partial charge in [0.2, 0.25) is 0 Å². The molecule has 2 aromatic carbocycles. The fourth-order valence-corrected chi connectivity index (χ4v) is 6.33. The molecule has 0 atom stereocenters. The third-order valence-corrected chi connectivity index (χ3v) is 9.24. The van der Waals surface area contributed by atoms with E-state index >= 15 is 0 Å². The number of nitrogens with two attached hydrogens (primary N) is 1. The summed E-state index contributed by atoms with van der Waals surface area (Å²) in [5.74, 6) is -0.296. The van der Waals surface area contributed by atoms with E-state index in [2.05, 4.69) is 34.9 Å². The molecule has 2 amide bonds. The minimum atomic E-state index is -0.722.